The first-order chi connectivity index (χ1) is 10.3. The molecule has 0 amide bonds. The number of aliphatic hydroxyl groups is 1. The van der Waals surface area contributed by atoms with Crippen LogP contribution in [-0.4, -0.2) is 49.8 Å². The van der Waals surface area contributed by atoms with E-state index >= 15 is 0 Å². The van der Waals surface area contributed by atoms with Crippen molar-refractivity contribution in [3.63, 3.8) is 0 Å². The number of benzene rings is 1. The van der Waals surface area contributed by atoms with Crippen LogP contribution in [0.5, 0.6) is 0 Å². The maximum absolute atomic E-state index is 11.8. The number of ether oxygens (including phenoxy) is 2. The fraction of sp³-hybridized carbons (Fsp3) is 0.429. The number of hydrogen-bond donors (Lipinski definition) is 1. The molecule has 0 fully saturated rings. The van der Waals surface area contributed by atoms with Gasteiger partial charge in [-0.1, -0.05) is 14.4 Å². The summed E-state index contributed by atoms with van der Waals surface area (Å²) in [6, 6.07) is 2.70. The van der Waals surface area contributed by atoms with E-state index in [4.69, 9.17) is 9.84 Å². The Labute approximate surface area is 163 Å². The average Bonchev–Trinajstić information content (AvgIpc) is 2.48. The van der Waals surface area contributed by atoms with Gasteiger partial charge in [-0.15, -0.1) is 0 Å². The van der Waals surface area contributed by atoms with Crippen LogP contribution < -0.4 is 29.6 Å². The summed E-state index contributed by atoms with van der Waals surface area (Å²) in [5, 5.41) is 8.59. The number of hydrogen-bond acceptors (Lipinski definition) is 8. The van der Waals surface area contributed by atoms with Crippen molar-refractivity contribution < 1.29 is 66.7 Å². The standard InChI is InChI=1S/C13H16O8S.CH4.Na/c1-2-4-20-12(15)9-6-10(13(16)21-5-3-14)8-11(7-9)22(17,18)19;;/h6-8,14H,2-5H2,1H3,(H,17,18,19);1H4;/q;;+1/p-1. The third-order valence-electron chi connectivity index (χ3n) is 2.43. The van der Waals surface area contributed by atoms with E-state index in [9.17, 15) is 22.6 Å². The number of esters is 2. The van der Waals surface area contributed by atoms with Crippen LogP contribution in [0.4, 0.5) is 0 Å². The number of carbonyl (C=O) groups excluding carboxylic acids is 2. The molecule has 0 aromatic heterocycles. The summed E-state index contributed by atoms with van der Waals surface area (Å²) in [5.74, 6) is -1.83. The monoisotopic (exact) mass is 370 g/mol. The molecule has 130 valence electrons. The first kappa shape index (κ1) is 25.3. The molecule has 0 saturated heterocycles. The molecule has 0 saturated carbocycles. The predicted octanol–water partition coefficient (Wildman–Crippen LogP) is -2.05. The molecular formula is C14H19NaO8S. The number of carbonyl (C=O) groups is 2. The van der Waals surface area contributed by atoms with Crippen LogP contribution in [0.2, 0.25) is 0 Å². The van der Waals surface area contributed by atoms with Crippen molar-refractivity contribution in [2.24, 2.45) is 0 Å². The van der Waals surface area contributed by atoms with Gasteiger partial charge in [-0.2, -0.15) is 0 Å². The van der Waals surface area contributed by atoms with Gasteiger partial charge in [0.25, 0.3) is 0 Å². The Morgan fingerprint density at radius 2 is 1.54 bits per heavy atom. The molecule has 0 aliphatic carbocycles. The van der Waals surface area contributed by atoms with Gasteiger partial charge in [0, 0.05) is 0 Å². The Kier molecular flexibility index (Phi) is 12.2. The van der Waals surface area contributed by atoms with E-state index in [-0.39, 0.29) is 61.3 Å². The zero-order chi connectivity index (χ0) is 16.8. The van der Waals surface area contributed by atoms with Crippen molar-refractivity contribution in [3.05, 3.63) is 29.3 Å². The van der Waals surface area contributed by atoms with Gasteiger partial charge in [-0.25, -0.2) is 18.0 Å². The van der Waals surface area contributed by atoms with E-state index in [0.29, 0.717) is 6.42 Å². The van der Waals surface area contributed by atoms with E-state index in [0.717, 1.165) is 18.2 Å². The van der Waals surface area contributed by atoms with Gasteiger partial charge in [-0.3, -0.25) is 0 Å². The molecular weight excluding hydrogens is 351 g/mol. The number of rotatable bonds is 7. The maximum atomic E-state index is 11.8. The number of aliphatic hydroxyl groups excluding tert-OH is 1. The molecule has 0 aliphatic heterocycles. The largest absolute Gasteiger partial charge is 1.00 e. The topological polar surface area (TPSA) is 130 Å². The zero-order valence-electron chi connectivity index (χ0n) is 12.8. The second-order valence-corrected chi connectivity index (χ2v) is 5.58. The zero-order valence-corrected chi connectivity index (χ0v) is 15.6. The minimum absolute atomic E-state index is 0. The van der Waals surface area contributed by atoms with Crippen LogP contribution in [0.15, 0.2) is 23.1 Å². The summed E-state index contributed by atoms with van der Waals surface area (Å²) < 4.78 is 42.8. The molecule has 0 unspecified atom stereocenters. The third kappa shape index (κ3) is 7.73. The van der Waals surface area contributed by atoms with Crippen LogP contribution in [0.3, 0.4) is 0 Å². The molecule has 10 heteroatoms. The quantitative estimate of drug-likeness (QED) is 0.330. The Morgan fingerprint density at radius 3 is 1.92 bits per heavy atom. The van der Waals surface area contributed by atoms with Crippen LogP contribution in [0.25, 0.3) is 0 Å². The molecule has 0 aliphatic rings. The van der Waals surface area contributed by atoms with Gasteiger partial charge < -0.3 is 19.1 Å². The van der Waals surface area contributed by atoms with Crippen molar-refractivity contribution in [1.29, 1.82) is 0 Å². The molecule has 0 bridgehead atoms. The minimum Gasteiger partial charge on any atom is -0.744 e. The molecule has 1 aromatic rings. The second kappa shape index (κ2) is 11.6. The molecule has 8 nitrogen and oxygen atoms in total. The molecule has 1 rings (SSSR count). The van der Waals surface area contributed by atoms with Crippen LogP contribution >= 0.6 is 0 Å². The first-order valence-corrected chi connectivity index (χ1v) is 7.76. The Morgan fingerprint density at radius 1 is 1.08 bits per heavy atom. The molecule has 0 spiro atoms. The molecule has 24 heavy (non-hydrogen) atoms. The summed E-state index contributed by atoms with van der Waals surface area (Å²) in [6.45, 7) is 1.15. The summed E-state index contributed by atoms with van der Waals surface area (Å²) in [7, 11) is -4.87. The van der Waals surface area contributed by atoms with Crippen molar-refractivity contribution in [2.75, 3.05) is 19.8 Å². The fourth-order valence-corrected chi connectivity index (χ4v) is 2.02. The van der Waals surface area contributed by atoms with Crippen molar-refractivity contribution in [3.8, 4) is 0 Å². The fourth-order valence-electron chi connectivity index (χ4n) is 1.48. The summed E-state index contributed by atoms with van der Waals surface area (Å²) in [6.07, 6.45) is 0.552. The minimum atomic E-state index is -4.87. The third-order valence-corrected chi connectivity index (χ3v) is 3.24. The van der Waals surface area contributed by atoms with E-state index < -0.39 is 33.6 Å². The van der Waals surface area contributed by atoms with Gasteiger partial charge in [0.15, 0.2) is 0 Å². The first-order valence-electron chi connectivity index (χ1n) is 6.35. The van der Waals surface area contributed by atoms with Gasteiger partial charge >= 0.3 is 41.5 Å². The maximum Gasteiger partial charge on any atom is 1.00 e. The van der Waals surface area contributed by atoms with Crippen LogP contribution in [-0.2, 0) is 19.6 Å². The van der Waals surface area contributed by atoms with Gasteiger partial charge in [0.05, 0.1) is 29.2 Å². The molecule has 0 atom stereocenters. The van der Waals surface area contributed by atoms with E-state index in [1.54, 1.807) is 6.92 Å². The second-order valence-electron chi connectivity index (χ2n) is 4.20. The SMILES string of the molecule is C.CCCOC(=O)c1cc(C(=O)OCCO)cc(S(=O)(=O)[O-])c1.[Na+]. The predicted molar refractivity (Wildman–Crippen MR) is 79.1 cm³/mol. The molecule has 1 aromatic carbocycles. The Hall–Kier alpha value is -0.970. The van der Waals surface area contributed by atoms with Gasteiger partial charge in [0.2, 0.25) is 0 Å². The van der Waals surface area contributed by atoms with Crippen LogP contribution in [0, 0.1) is 0 Å². The normalized spacial score (nSPS) is 10.1. The summed E-state index contributed by atoms with van der Waals surface area (Å²) >= 11 is 0. The van der Waals surface area contributed by atoms with Crippen molar-refractivity contribution in [2.45, 2.75) is 25.7 Å². The Balaban J connectivity index is 0. The molecule has 0 radical (unpaired) electrons. The van der Waals surface area contributed by atoms with E-state index in [2.05, 4.69) is 4.74 Å². The molecule has 0 heterocycles. The average molecular weight is 370 g/mol. The summed E-state index contributed by atoms with van der Waals surface area (Å²) in [5.41, 5.74) is -0.546. The smallest absolute Gasteiger partial charge is 0.744 e. The van der Waals surface area contributed by atoms with Gasteiger partial charge in [-0.05, 0) is 24.6 Å². The Bertz CT molecular complexity index is 618. The van der Waals surface area contributed by atoms with Crippen molar-refractivity contribution >= 4 is 22.1 Å². The van der Waals surface area contributed by atoms with Gasteiger partial charge in [0.1, 0.15) is 16.7 Å². The van der Waals surface area contributed by atoms with Crippen LogP contribution in [0.1, 0.15) is 41.5 Å². The van der Waals surface area contributed by atoms with E-state index in [1.165, 1.54) is 0 Å². The van der Waals surface area contributed by atoms with E-state index in [1.807, 2.05) is 0 Å². The molecule has 1 N–H and O–H groups in total. The summed E-state index contributed by atoms with van der Waals surface area (Å²) in [4.78, 5) is 22.7. The van der Waals surface area contributed by atoms with Crippen molar-refractivity contribution in [1.82, 2.24) is 0 Å².